The van der Waals surface area contributed by atoms with E-state index in [1.54, 1.807) is 12.1 Å². The normalized spacial score (nSPS) is 10.3. The number of amides is 2. The summed E-state index contributed by atoms with van der Waals surface area (Å²) in [6.07, 6.45) is 1.26. The smallest absolute Gasteiger partial charge is 0.274 e. The molecule has 0 saturated heterocycles. The SMILES string of the molecule is COc1ccc(C)cc1NC(=O)c1ccnc(C(=O)Nc2c(F)cccc2F)c1. The van der Waals surface area contributed by atoms with E-state index in [1.807, 2.05) is 13.0 Å². The van der Waals surface area contributed by atoms with Gasteiger partial charge in [0.15, 0.2) is 0 Å². The number of ether oxygens (including phenoxy) is 1. The first-order valence-electron chi connectivity index (χ1n) is 8.56. The molecular formula is C21H17F2N3O3. The van der Waals surface area contributed by atoms with Crippen LogP contribution in [0.3, 0.4) is 0 Å². The fourth-order valence-electron chi connectivity index (χ4n) is 2.60. The summed E-state index contributed by atoms with van der Waals surface area (Å²) in [5, 5.41) is 4.84. The van der Waals surface area contributed by atoms with Gasteiger partial charge in [-0.3, -0.25) is 14.6 Å². The highest BCUT2D eigenvalue weighted by Crippen LogP contribution is 2.26. The van der Waals surface area contributed by atoms with Crippen molar-refractivity contribution < 1.29 is 23.1 Å². The van der Waals surface area contributed by atoms with Crippen LogP contribution in [0.25, 0.3) is 0 Å². The second-order valence-corrected chi connectivity index (χ2v) is 6.14. The summed E-state index contributed by atoms with van der Waals surface area (Å²) in [6.45, 7) is 1.87. The van der Waals surface area contributed by atoms with Crippen LogP contribution >= 0.6 is 0 Å². The molecule has 3 aromatic rings. The van der Waals surface area contributed by atoms with Gasteiger partial charge in [0.05, 0.1) is 12.8 Å². The highest BCUT2D eigenvalue weighted by molar-refractivity contribution is 6.08. The van der Waals surface area contributed by atoms with E-state index >= 15 is 0 Å². The number of methoxy groups -OCH3 is 1. The molecule has 0 atom stereocenters. The molecule has 0 radical (unpaired) electrons. The Kier molecular flexibility index (Phi) is 5.82. The van der Waals surface area contributed by atoms with Crippen LogP contribution in [0.15, 0.2) is 54.7 Å². The average molecular weight is 397 g/mol. The van der Waals surface area contributed by atoms with E-state index in [0.29, 0.717) is 11.4 Å². The Hall–Kier alpha value is -3.81. The first kappa shape index (κ1) is 19.9. The molecule has 0 aliphatic carbocycles. The molecular weight excluding hydrogens is 380 g/mol. The third-order valence-corrected chi connectivity index (χ3v) is 4.06. The topological polar surface area (TPSA) is 80.3 Å². The molecule has 3 rings (SSSR count). The van der Waals surface area contributed by atoms with Gasteiger partial charge in [-0.25, -0.2) is 8.78 Å². The standard InChI is InChI=1S/C21H17F2N3O3/c1-12-6-7-18(29-2)16(10-12)25-20(27)13-8-9-24-17(11-13)21(28)26-19-14(22)4-3-5-15(19)23/h3-11H,1-2H3,(H,25,27)(H,26,28). The maximum Gasteiger partial charge on any atom is 0.274 e. The molecule has 0 fully saturated rings. The molecule has 1 heterocycles. The maximum atomic E-state index is 13.7. The van der Waals surface area contributed by atoms with E-state index in [9.17, 15) is 18.4 Å². The molecule has 0 bridgehead atoms. The van der Waals surface area contributed by atoms with Crippen molar-refractivity contribution in [2.45, 2.75) is 6.92 Å². The zero-order valence-electron chi connectivity index (χ0n) is 15.6. The Balaban J connectivity index is 1.81. The van der Waals surface area contributed by atoms with Gasteiger partial charge < -0.3 is 15.4 Å². The van der Waals surface area contributed by atoms with Gasteiger partial charge in [0.1, 0.15) is 28.8 Å². The molecule has 29 heavy (non-hydrogen) atoms. The van der Waals surface area contributed by atoms with Crippen LogP contribution in [0.1, 0.15) is 26.4 Å². The van der Waals surface area contributed by atoms with Crippen LogP contribution in [0, 0.1) is 18.6 Å². The summed E-state index contributed by atoms with van der Waals surface area (Å²) >= 11 is 0. The van der Waals surface area contributed by atoms with Crippen LogP contribution in [0.2, 0.25) is 0 Å². The molecule has 1 aromatic heterocycles. The molecule has 0 aliphatic rings. The first-order valence-corrected chi connectivity index (χ1v) is 8.56. The van der Waals surface area contributed by atoms with Crippen molar-refractivity contribution in [2.75, 3.05) is 17.7 Å². The number of carbonyl (C=O) groups is 2. The zero-order chi connectivity index (χ0) is 21.0. The van der Waals surface area contributed by atoms with Gasteiger partial charge in [-0.2, -0.15) is 0 Å². The molecule has 8 heteroatoms. The first-order chi connectivity index (χ1) is 13.9. The number of nitrogens with zero attached hydrogens (tertiary/aromatic N) is 1. The van der Waals surface area contributed by atoms with Crippen LogP contribution in [0.5, 0.6) is 5.75 Å². The van der Waals surface area contributed by atoms with Crippen molar-refractivity contribution in [3.63, 3.8) is 0 Å². The second kappa shape index (κ2) is 8.47. The Morgan fingerprint density at radius 3 is 2.38 bits per heavy atom. The molecule has 0 saturated carbocycles. The Bertz CT molecular complexity index is 1070. The number of pyridine rings is 1. The lowest BCUT2D eigenvalue weighted by atomic mass is 10.1. The summed E-state index contributed by atoms with van der Waals surface area (Å²) in [7, 11) is 1.48. The Morgan fingerprint density at radius 1 is 0.966 bits per heavy atom. The van der Waals surface area contributed by atoms with Gasteiger partial charge in [0.25, 0.3) is 11.8 Å². The lowest BCUT2D eigenvalue weighted by Gasteiger charge is -2.11. The highest BCUT2D eigenvalue weighted by atomic mass is 19.1. The van der Waals surface area contributed by atoms with E-state index in [2.05, 4.69) is 15.6 Å². The third-order valence-electron chi connectivity index (χ3n) is 4.06. The van der Waals surface area contributed by atoms with Crippen molar-refractivity contribution in [1.82, 2.24) is 4.98 Å². The number of hydrogen-bond donors (Lipinski definition) is 2. The predicted octanol–water partition coefficient (Wildman–Crippen LogP) is 4.18. The van der Waals surface area contributed by atoms with Crippen LogP contribution in [-0.4, -0.2) is 23.9 Å². The number of nitrogens with one attached hydrogen (secondary N) is 2. The monoisotopic (exact) mass is 397 g/mol. The van der Waals surface area contributed by atoms with Gasteiger partial charge in [-0.05, 0) is 48.9 Å². The second-order valence-electron chi connectivity index (χ2n) is 6.14. The van der Waals surface area contributed by atoms with Gasteiger partial charge in [0, 0.05) is 11.8 Å². The number of halogens is 2. The Labute approximate surface area is 165 Å². The lowest BCUT2D eigenvalue weighted by molar-refractivity contribution is 0.102. The van der Waals surface area contributed by atoms with Gasteiger partial charge in [-0.1, -0.05) is 12.1 Å². The quantitative estimate of drug-likeness (QED) is 0.677. The van der Waals surface area contributed by atoms with Gasteiger partial charge in [0.2, 0.25) is 0 Å². The van der Waals surface area contributed by atoms with Crippen LogP contribution < -0.4 is 15.4 Å². The van der Waals surface area contributed by atoms with Crippen molar-refractivity contribution in [1.29, 1.82) is 0 Å². The van der Waals surface area contributed by atoms with E-state index in [-0.39, 0.29) is 11.3 Å². The Morgan fingerprint density at radius 2 is 1.69 bits per heavy atom. The summed E-state index contributed by atoms with van der Waals surface area (Å²) in [5.74, 6) is -2.71. The van der Waals surface area contributed by atoms with E-state index in [0.717, 1.165) is 17.7 Å². The molecule has 0 spiro atoms. The largest absolute Gasteiger partial charge is 0.495 e. The number of para-hydroxylation sites is 1. The number of carbonyl (C=O) groups excluding carboxylic acids is 2. The van der Waals surface area contributed by atoms with Crippen molar-refractivity contribution in [2.24, 2.45) is 0 Å². The molecule has 0 unspecified atom stereocenters. The van der Waals surface area contributed by atoms with E-state index < -0.39 is 29.1 Å². The number of aromatic nitrogens is 1. The fourth-order valence-corrected chi connectivity index (χ4v) is 2.60. The number of anilines is 2. The zero-order valence-corrected chi connectivity index (χ0v) is 15.6. The minimum Gasteiger partial charge on any atom is -0.495 e. The minimum atomic E-state index is -0.918. The van der Waals surface area contributed by atoms with Crippen molar-refractivity contribution >= 4 is 23.2 Å². The number of hydrogen-bond acceptors (Lipinski definition) is 4. The molecule has 0 aliphatic heterocycles. The summed E-state index contributed by atoms with van der Waals surface area (Å²) in [6, 6.07) is 11.2. The average Bonchev–Trinajstić information content (AvgIpc) is 2.71. The van der Waals surface area contributed by atoms with Crippen LogP contribution in [-0.2, 0) is 0 Å². The van der Waals surface area contributed by atoms with Gasteiger partial charge >= 0.3 is 0 Å². The van der Waals surface area contributed by atoms with Gasteiger partial charge in [-0.15, -0.1) is 0 Å². The van der Waals surface area contributed by atoms with E-state index in [1.165, 1.54) is 31.5 Å². The molecule has 148 valence electrons. The minimum absolute atomic E-state index is 0.141. The maximum absolute atomic E-state index is 13.7. The summed E-state index contributed by atoms with van der Waals surface area (Å²) in [5.41, 5.74) is 0.773. The van der Waals surface area contributed by atoms with Crippen molar-refractivity contribution in [3.8, 4) is 5.75 Å². The molecule has 2 N–H and O–H groups in total. The summed E-state index contributed by atoms with van der Waals surface area (Å²) in [4.78, 5) is 28.8. The highest BCUT2D eigenvalue weighted by Gasteiger charge is 2.17. The summed E-state index contributed by atoms with van der Waals surface area (Å²) < 4.78 is 32.7. The van der Waals surface area contributed by atoms with Crippen LogP contribution in [0.4, 0.5) is 20.2 Å². The molecule has 2 amide bonds. The van der Waals surface area contributed by atoms with E-state index in [4.69, 9.17) is 4.74 Å². The van der Waals surface area contributed by atoms with Crippen molar-refractivity contribution in [3.05, 3.63) is 83.2 Å². The number of aryl methyl sites for hydroxylation is 1. The molecule has 2 aromatic carbocycles. The fraction of sp³-hybridized carbons (Fsp3) is 0.0952. The lowest BCUT2D eigenvalue weighted by Crippen LogP contribution is -2.18. The number of benzene rings is 2. The third kappa shape index (κ3) is 4.55. The molecule has 6 nitrogen and oxygen atoms in total. The predicted molar refractivity (Wildman–Crippen MR) is 104 cm³/mol. The number of rotatable bonds is 5.